The molecule has 0 amide bonds. The van der Waals surface area contributed by atoms with Gasteiger partial charge < -0.3 is 10.0 Å². The van der Waals surface area contributed by atoms with Gasteiger partial charge in [-0.25, -0.2) is 0 Å². The van der Waals surface area contributed by atoms with Crippen LogP contribution in [0.2, 0.25) is 0 Å². The summed E-state index contributed by atoms with van der Waals surface area (Å²) in [7, 11) is 1.97. The number of nitrogens with zero attached hydrogens (tertiary/aromatic N) is 1. The summed E-state index contributed by atoms with van der Waals surface area (Å²) < 4.78 is 0. The lowest BCUT2D eigenvalue weighted by atomic mass is 10.4. The normalized spacial score (nSPS) is 10.5. The van der Waals surface area contributed by atoms with Crippen LogP contribution in [0.15, 0.2) is 0 Å². The Morgan fingerprint density at radius 2 is 2.12 bits per heavy atom. The maximum Gasteiger partial charge on any atom is 0.0558 e. The van der Waals surface area contributed by atoms with Gasteiger partial charge in [0, 0.05) is 6.54 Å². The lowest BCUT2D eigenvalue weighted by Crippen LogP contribution is -2.22. The highest BCUT2D eigenvalue weighted by Gasteiger charge is 1.91. The van der Waals surface area contributed by atoms with Crippen molar-refractivity contribution >= 4 is 0 Å². The molecule has 0 heterocycles. The van der Waals surface area contributed by atoms with Crippen LogP contribution < -0.4 is 0 Å². The van der Waals surface area contributed by atoms with Crippen molar-refractivity contribution in [3.05, 3.63) is 6.92 Å². The Morgan fingerprint density at radius 1 is 1.50 bits per heavy atom. The lowest BCUT2D eigenvalue weighted by Gasteiger charge is -2.11. The largest absolute Gasteiger partial charge is 0.395 e. The van der Waals surface area contributed by atoms with E-state index < -0.39 is 0 Å². The van der Waals surface area contributed by atoms with Gasteiger partial charge in [0.1, 0.15) is 0 Å². The van der Waals surface area contributed by atoms with E-state index in [1.807, 2.05) is 11.9 Å². The highest BCUT2D eigenvalue weighted by molar-refractivity contribution is 4.49. The standard InChI is InChI=1S/C6H14NO/c1-3-4-7(2)5-6-8/h8H,1,3-6H2,2H3. The Kier molecular flexibility index (Phi) is 5.01. The van der Waals surface area contributed by atoms with Crippen LogP contribution in [-0.2, 0) is 0 Å². The molecule has 1 N–H and O–H groups in total. The van der Waals surface area contributed by atoms with Crippen LogP contribution in [0.3, 0.4) is 0 Å². The summed E-state index contributed by atoms with van der Waals surface area (Å²) in [5, 5.41) is 8.40. The molecule has 49 valence electrons. The first-order valence-corrected chi connectivity index (χ1v) is 2.90. The molecule has 0 fully saturated rings. The summed E-state index contributed by atoms with van der Waals surface area (Å²) in [6, 6.07) is 0. The van der Waals surface area contributed by atoms with Crippen LogP contribution in [-0.4, -0.2) is 36.8 Å². The van der Waals surface area contributed by atoms with Gasteiger partial charge in [0.05, 0.1) is 6.61 Å². The number of aliphatic hydroxyl groups is 1. The van der Waals surface area contributed by atoms with E-state index in [0.29, 0.717) is 0 Å². The predicted molar refractivity (Wildman–Crippen MR) is 34.6 cm³/mol. The molecule has 0 atom stereocenters. The molecule has 8 heavy (non-hydrogen) atoms. The number of aliphatic hydroxyl groups excluding tert-OH is 1. The second-order valence-electron chi connectivity index (χ2n) is 1.88. The third-order valence-electron chi connectivity index (χ3n) is 1.02. The summed E-state index contributed by atoms with van der Waals surface area (Å²) in [4.78, 5) is 2.05. The van der Waals surface area contributed by atoms with Crippen LogP contribution in [0.4, 0.5) is 0 Å². The third kappa shape index (κ3) is 4.09. The van der Waals surface area contributed by atoms with E-state index in [2.05, 4.69) is 6.92 Å². The maximum atomic E-state index is 8.40. The summed E-state index contributed by atoms with van der Waals surface area (Å²) in [6.45, 7) is 5.66. The van der Waals surface area contributed by atoms with Crippen molar-refractivity contribution in [3.63, 3.8) is 0 Å². The van der Waals surface area contributed by atoms with Crippen LogP contribution >= 0.6 is 0 Å². The van der Waals surface area contributed by atoms with Gasteiger partial charge in [-0.3, -0.25) is 0 Å². The number of hydrogen-bond donors (Lipinski definition) is 1. The van der Waals surface area contributed by atoms with Crippen molar-refractivity contribution in [2.45, 2.75) is 6.42 Å². The minimum Gasteiger partial charge on any atom is -0.395 e. The Balaban J connectivity index is 2.92. The molecule has 0 aliphatic carbocycles. The summed E-state index contributed by atoms with van der Waals surface area (Å²) in [6.07, 6.45) is 0.913. The average Bonchev–Trinajstić information content (AvgIpc) is 1.68. The Hall–Kier alpha value is -0.0800. The van der Waals surface area contributed by atoms with Gasteiger partial charge in [0.25, 0.3) is 0 Å². The predicted octanol–water partition coefficient (Wildman–Crippen LogP) is 0.135. The van der Waals surface area contributed by atoms with E-state index in [1.54, 1.807) is 0 Å². The van der Waals surface area contributed by atoms with Crippen molar-refractivity contribution in [2.24, 2.45) is 0 Å². The van der Waals surface area contributed by atoms with Gasteiger partial charge in [-0.15, -0.1) is 0 Å². The second kappa shape index (κ2) is 5.06. The molecule has 0 saturated carbocycles. The molecule has 0 bridgehead atoms. The van der Waals surface area contributed by atoms with Crippen LogP contribution in [0.25, 0.3) is 0 Å². The molecule has 0 spiro atoms. The Labute approximate surface area is 51.1 Å². The molecule has 2 heteroatoms. The van der Waals surface area contributed by atoms with E-state index in [0.717, 1.165) is 19.5 Å². The zero-order chi connectivity index (χ0) is 6.41. The third-order valence-corrected chi connectivity index (χ3v) is 1.02. The highest BCUT2D eigenvalue weighted by Crippen LogP contribution is 1.82. The van der Waals surface area contributed by atoms with Gasteiger partial charge in [0.15, 0.2) is 0 Å². The maximum absolute atomic E-state index is 8.40. The molecule has 2 nitrogen and oxygen atoms in total. The molecule has 0 aliphatic heterocycles. The van der Waals surface area contributed by atoms with E-state index in [-0.39, 0.29) is 6.61 Å². The van der Waals surface area contributed by atoms with Crippen molar-refractivity contribution in [3.8, 4) is 0 Å². The second-order valence-corrected chi connectivity index (χ2v) is 1.88. The molecule has 0 aromatic heterocycles. The van der Waals surface area contributed by atoms with Gasteiger partial charge in [-0.2, -0.15) is 0 Å². The van der Waals surface area contributed by atoms with E-state index in [9.17, 15) is 0 Å². The van der Waals surface area contributed by atoms with Crippen LogP contribution in [0.5, 0.6) is 0 Å². The zero-order valence-corrected chi connectivity index (χ0v) is 5.43. The van der Waals surface area contributed by atoms with Gasteiger partial charge in [0.2, 0.25) is 0 Å². The van der Waals surface area contributed by atoms with Crippen LogP contribution in [0.1, 0.15) is 6.42 Å². The fourth-order valence-corrected chi connectivity index (χ4v) is 0.552. The van der Waals surface area contributed by atoms with E-state index in [4.69, 9.17) is 5.11 Å². The Morgan fingerprint density at radius 3 is 2.50 bits per heavy atom. The van der Waals surface area contributed by atoms with Gasteiger partial charge >= 0.3 is 0 Å². The molecule has 0 saturated heterocycles. The first-order valence-electron chi connectivity index (χ1n) is 2.90. The van der Waals surface area contributed by atoms with E-state index >= 15 is 0 Å². The first-order chi connectivity index (χ1) is 3.81. The lowest BCUT2D eigenvalue weighted by molar-refractivity contribution is 0.223. The van der Waals surface area contributed by atoms with Crippen molar-refractivity contribution in [1.29, 1.82) is 0 Å². The molecule has 0 aromatic carbocycles. The van der Waals surface area contributed by atoms with E-state index in [1.165, 1.54) is 0 Å². The van der Waals surface area contributed by atoms with Gasteiger partial charge in [-0.1, -0.05) is 6.92 Å². The topological polar surface area (TPSA) is 23.5 Å². The molecule has 0 aromatic rings. The average molecular weight is 116 g/mol. The summed E-state index contributed by atoms with van der Waals surface area (Å²) >= 11 is 0. The smallest absolute Gasteiger partial charge is 0.0558 e. The fraction of sp³-hybridized carbons (Fsp3) is 0.833. The van der Waals surface area contributed by atoms with Crippen molar-refractivity contribution in [1.82, 2.24) is 4.90 Å². The van der Waals surface area contributed by atoms with Crippen molar-refractivity contribution in [2.75, 3.05) is 26.7 Å². The molecular formula is C6H14NO. The number of rotatable bonds is 4. The molecule has 0 aliphatic rings. The number of hydrogen-bond acceptors (Lipinski definition) is 2. The Bertz CT molecular complexity index is 41.8. The molecular weight excluding hydrogens is 102 g/mol. The number of likely N-dealkylation sites (N-methyl/N-ethyl adjacent to an activating group) is 1. The summed E-state index contributed by atoms with van der Waals surface area (Å²) in [5.41, 5.74) is 0. The quantitative estimate of drug-likeness (QED) is 0.564. The summed E-state index contributed by atoms with van der Waals surface area (Å²) in [5.74, 6) is 0. The highest BCUT2D eigenvalue weighted by atomic mass is 16.3. The molecule has 0 rings (SSSR count). The van der Waals surface area contributed by atoms with Crippen molar-refractivity contribution < 1.29 is 5.11 Å². The van der Waals surface area contributed by atoms with Gasteiger partial charge in [-0.05, 0) is 20.0 Å². The zero-order valence-electron chi connectivity index (χ0n) is 5.43. The molecule has 1 radical (unpaired) electrons. The molecule has 0 unspecified atom stereocenters. The fourth-order valence-electron chi connectivity index (χ4n) is 0.552. The van der Waals surface area contributed by atoms with Crippen LogP contribution in [0, 0.1) is 6.92 Å². The minimum absolute atomic E-state index is 0.247. The minimum atomic E-state index is 0.247. The monoisotopic (exact) mass is 116 g/mol. The SMILES string of the molecule is [CH2]CCN(C)CCO. The first kappa shape index (κ1) is 7.92.